The smallest absolute Gasteiger partial charge is 0.222 e. The van der Waals surface area contributed by atoms with Crippen LogP contribution in [0.2, 0.25) is 0 Å². The maximum atomic E-state index is 11.1. The first-order valence-corrected chi connectivity index (χ1v) is 3.10. The standard InChI is InChI=1S/C7H10N2O2/c1-7(2,3)6(10)5(4-8)9-11/h11H,1-3H3. The molecule has 0 aliphatic carbocycles. The first kappa shape index (κ1) is 9.63. The summed E-state index contributed by atoms with van der Waals surface area (Å²) < 4.78 is 0. The molecule has 0 aliphatic rings. The fraction of sp³-hybridized carbons (Fsp3) is 0.571. The molecule has 0 fully saturated rings. The van der Waals surface area contributed by atoms with E-state index in [1.54, 1.807) is 20.8 Å². The number of nitriles is 1. The molecule has 0 amide bonds. The molecule has 0 aromatic carbocycles. The lowest BCUT2D eigenvalue weighted by atomic mass is 9.88. The molecule has 0 atom stereocenters. The van der Waals surface area contributed by atoms with E-state index in [0.717, 1.165) is 0 Å². The summed E-state index contributed by atoms with van der Waals surface area (Å²) in [5.41, 5.74) is -1.12. The number of Topliss-reactive ketones (excluding diaryl/α,β-unsaturated/α-hetero) is 1. The Morgan fingerprint density at radius 3 is 2.09 bits per heavy atom. The zero-order chi connectivity index (χ0) is 9.07. The Labute approximate surface area is 65.1 Å². The number of hydrogen-bond acceptors (Lipinski definition) is 4. The molecule has 0 saturated heterocycles. The summed E-state index contributed by atoms with van der Waals surface area (Å²) >= 11 is 0. The van der Waals surface area contributed by atoms with Gasteiger partial charge < -0.3 is 5.21 Å². The summed E-state index contributed by atoms with van der Waals surface area (Å²) in [6, 6.07) is 1.51. The van der Waals surface area contributed by atoms with Gasteiger partial charge in [0.2, 0.25) is 11.5 Å². The van der Waals surface area contributed by atoms with Crippen LogP contribution in [0.4, 0.5) is 0 Å². The number of ketones is 1. The molecule has 4 nitrogen and oxygen atoms in total. The molecule has 0 rings (SSSR count). The zero-order valence-electron chi connectivity index (χ0n) is 6.75. The highest BCUT2D eigenvalue weighted by molar-refractivity contribution is 6.47. The Bertz CT molecular complexity index is 230. The molecule has 0 unspecified atom stereocenters. The third-order valence-electron chi connectivity index (χ3n) is 1.10. The molecular weight excluding hydrogens is 144 g/mol. The maximum absolute atomic E-state index is 11.1. The van der Waals surface area contributed by atoms with Crippen molar-refractivity contribution in [2.24, 2.45) is 10.6 Å². The molecule has 0 aromatic rings. The Hall–Kier alpha value is -1.37. The highest BCUT2D eigenvalue weighted by Crippen LogP contribution is 2.14. The topological polar surface area (TPSA) is 73.5 Å². The van der Waals surface area contributed by atoms with Crippen molar-refractivity contribution in [3.05, 3.63) is 0 Å². The van der Waals surface area contributed by atoms with Crippen molar-refractivity contribution in [2.45, 2.75) is 20.8 Å². The molecule has 0 aliphatic heterocycles. The van der Waals surface area contributed by atoms with Gasteiger partial charge in [0.05, 0.1) is 0 Å². The largest absolute Gasteiger partial charge is 0.410 e. The molecular formula is C7H10N2O2. The second kappa shape index (κ2) is 3.15. The van der Waals surface area contributed by atoms with Crippen molar-refractivity contribution in [1.82, 2.24) is 0 Å². The van der Waals surface area contributed by atoms with Crippen LogP contribution in [-0.2, 0) is 4.79 Å². The fourth-order valence-corrected chi connectivity index (χ4v) is 0.474. The lowest BCUT2D eigenvalue weighted by Crippen LogP contribution is -2.27. The Morgan fingerprint density at radius 2 is 2.00 bits per heavy atom. The number of rotatable bonds is 1. The molecule has 60 valence electrons. The quantitative estimate of drug-likeness (QED) is 0.347. The van der Waals surface area contributed by atoms with Gasteiger partial charge in [0.15, 0.2) is 0 Å². The van der Waals surface area contributed by atoms with Crippen LogP contribution in [0, 0.1) is 16.7 Å². The fourth-order valence-electron chi connectivity index (χ4n) is 0.474. The number of carbonyl (C=O) groups excluding carboxylic acids is 1. The maximum Gasteiger partial charge on any atom is 0.222 e. The Morgan fingerprint density at radius 1 is 1.55 bits per heavy atom. The van der Waals surface area contributed by atoms with Crippen LogP contribution < -0.4 is 0 Å². The molecule has 0 saturated carbocycles. The van der Waals surface area contributed by atoms with Crippen molar-refractivity contribution in [3.63, 3.8) is 0 Å². The van der Waals surface area contributed by atoms with Gasteiger partial charge in [-0.1, -0.05) is 25.9 Å². The van der Waals surface area contributed by atoms with Gasteiger partial charge in [-0.2, -0.15) is 5.26 Å². The molecule has 0 radical (unpaired) electrons. The summed E-state index contributed by atoms with van der Waals surface area (Å²) in [6.45, 7) is 4.95. The number of carbonyl (C=O) groups is 1. The average molecular weight is 154 g/mol. The predicted molar refractivity (Wildman–Crippen MR) is 39.3 cm³/mol. The van der Waals surface area contributed by atoms with Crippen molar-refractivity contribution in [2.75, 3.05) is 0 Å². The second-order valence-corrected chi connectivity index (χ2v) is 3.14. The van der Waals surface area contributed by atoms with E-state index in [4.69, 9.17) is 10.5 Å². The van der Waals surface area contributed by atoms with E-state index in [1.165, 1.54) is 6.07 Å². The van der Waals surface area contributed by atoms with Crippen molar-refractivity contribution in [1.29, 1.82) is 5.26 Å². The monoisotopic (exact) mass is 154 g/mol. The minimum atomic E-state index is -0.669. The normalized spacial score (nSPS) is 12.4. The summed E-state index contributed by atoms with van der Waals surface area (Å²) in [4.78, 5) is 11.1. The summed E-state index contributed by atoms with van der Waals surface area (Å²) in [5, 5.41) is 19.1. The molecule has 4 heteroatoms. The van der Waals surface area contributed by atoms with Gasteiger partial charge >= 0.3 is 0 Å². The minimum absolute atomic E-state index is 0.447. The molecule has 0 heterocycles. The lowest BCUT2D eigenvalue weighted by Gasteiger charge is -2.13. The average Bonchev–Trinajstić information content (AvgIpc) is 1.88. The van der Waals surface area contributed by atoms with Crippen LogP contribution in [-0.4, -0.2) is 16.7 Å². The first-order chi connectivity index (χ1) is 4.93. The van der Waals surface area contributed by atoms with Crippen LogP contribution in [0.3, 0.4) is 0 Å². The third kappa shape index (κ3) is 2.38. The Kier molecular flexibility index (Phi) is 2.76. The van der Waals surface area contributed by atoms with Gasteiger partial charge in [-0.25, -0.2) is 0 Å². The molecule has 0 spiro atoms. The number of nitrogens with zero attached hydrogens (tertiary/aromatic N) is 2. The molecule has 0 aromatic heterocycles. The predicted octanol–water partition coefficient (Wildman–Crippen LogP) is 0.955. The minimum Gasteiger partial charge on any atom is -0.410 e. The first-order valence-electron chi connectivity index (χ1n) is 3.10. The van der Waals surface area contributed by atoms with Crippen LogP contribution in [0.25, 0.3) is 0 Å². The van der Waals surface area contributed by atoms with Gasteiger partial charge in [-0.3, -0.25) is 4.79 Å². The summed E-state index contributed by atoms with van der Waals surface area (Å²) in [5.74, 6) is -0.456. The number of hydrogen-bond donors (Lipinski definition) is 1. The van der Waals surface area contributed by atoms with Crippen LogP contribution in [0.1, 0.15) is 20.8 Å². The Balaban J connectivity index is 4.67. The van der Waals surface area contributed by atoms with Crippen LogP contribution in [0.15, 0.2) is 5.16 Å². The lowest BCUT2D eigenvalue weighted by molar-refractivity contribution is -0.119. The van der Waals surface area contributed by atoms with Crippen LogP contribution in [0.5, 0.6) is 0 Å². The highest BCUT2D eigenvalue weighted by Gasteiger charge is 2.26. The molecule has 1 N–H and O–H groups in total. The van der Waals surface area contributed by atoms with Gasteiger partial charge in [-0.15, -0.1) is 0 Å². The second-order valence-electron chi connectivity index (χ2n) is 3.14. The summed E-state index contributed by atoms with van der Waals surface area (Å²) in [7, 11) is 0. The van der Waals surface area contributed by atoms with E-state index in [9.17, 15) is 4.79 Å². The SMILES string of the molecule is CC(C)(C)C(=O)C(C#N)=NO. The van der Waals surface area contributed by atoms with E-state index >= 15 is 0 Å². The van der Waals surface area contributed by atoms with Gasteiger partial charge in [-0.05, 0) is 0 Å². The van der Waals surface area contributed by atoms with Crippen LogP contribution >= 0.6 is 0 Å². The van der Waals surface area contributed by atoms with E-state index < -0.39 is 16.9 Å². The zero-order valence-corrected chi connectivity index (χ0v) is 6.75. The van der Waals surface area contributed by atoms with Gasteiger partial charge in [0.25, 0.3) is 0 Å². The van der Waals surface area contributed by atoms with Crippen molar-refractivity contribution >= 4 is 11.5 Å². The van der Waals surface area contributed by atoms with Crippen molar-refractivity contribution < 1.29 is 10.0 Å². The highest BCUT2D eigenvalue weighted by atomic mass is 16.4. The van der Waals surface area contributed by atoms with E-state index in [2.05, 4.69) is 5.16 Å². The number of oxime groups is 1. The van der Waals surface area contributed by atoms with E-state index in [1.807, 2.05) is 0 Å². The molecule has 0 bridgehead atoms. The van der Waals surface area contributed by atoms with Crippen molar-refractivity contribution in [3.8, 4) is 6.07 Å². The van der Waals surface area contributed by atoms with Gasteiger partial charge in [0.1, 0.15) is 6.07 Å². The van der Waals surface area contributed by atoms with E-state index in [-0.39, 0.29) is 0 Å². The third-order valence-corrected chi connectivity index (χ3v) is 1.10. The van der Waals surface area contributed by atoms with Gasteiger partial charge in [0, 0.05) is 5.41 Å². The van der Waals surface area contributed by atoms with E-state index in [0.29, 0.717) is 0 Å². The molecule has 11 heavy (non-hydrogen) atoms. The summed E-state index contributed by atoms with van der Waals surface area (Å²) in [6.07, 6.45) is 0.